The van der Waals surface area contributed by atoms with Crippen LogP contribution in [0.5, 0.6) is 0 Å². The molecular formula is C22H22F2N2O2S. The number of nitrogens with zero attached hydrogens (tertiary/aromatic N) is 2. The second kappa shape index (κ2) is 8.53. The molecule has 0 spiro atoms. The van der Waals surface area contributed by atoms with Gasteiger partial charge in [-0.05, 0) is 49.3 Å². The third-order valence-electron chi connectivity index (χ3n) is 5.50. The Labute approximate surface area is 172 Å². The number of amides is 2. The number of anilines is 1. The molecule has 4 rings (SSSR count). The molecule has 2 heterocycles. The Morgan fingerprint density at radius 2 is 1.76 bits per heavy atom. The van der Waals surface area contributed by atoms with Gasteiger partial charge in [-0.15, -0.1) is 11.8 Å². The maximum absolute atomic E-state index is 13.9. The second-order valence-electron chi connectivity index (χ2n) is 7.35. The van der Waals surface area contributed by atoms with Crippen LogP contribution in [0.25, 0.3) is 0 Å². The Hall–Kier alpha value is -2.41. The van der Waals surface area contributed by atoms with Crippen molar-refractivity contribution in [2.75, 3.05) is 30.3 Å². The number of thioether (sulfide) groups is 1. The smallest absolute Gasteiger partial charge is 0.256 e. The summed E-state index contributed by atoms with van der Waals surface area (Å²) in [5.74, 6) is -1.10. The number of hydrogen-bond donors (Lipinski definition) is 0. The summed E-state index contributed by atoms with van der Waals surface area (Å²) in [6, 6.07) is 10.9. The zero-order valence-electron chi connectivity index (χ0n) is 15.9. The monoisotopic (exact) mass is 416 g/mol. The number of rotatable bonds is 2. The lowest BCUT2D eigenvalue weighted by molar-refractivity contribution is -0.123. The number of likely N-dealkylation sites (tertiary alicyclic amines) is 1. The molecular weight excluding hydrogens is 394 g/mol. The number of halogens is 2. The largest absolute Gasteiger partial charge is 0.339 e. The molecule has 1 fully saturated rings. The van der Waals surface area contributed by atoms with Crippen molar-refractivity contribution in [2.24, 2.45) is 5.92 Å². The van der Waals surface area contributed by atoms with Crippen molar-refractivity contribution in [1.29, 1.82) is 0 Å². The molecule has 29 heavy (non-hydrogen) atoms. The predicted octanol–water partition coefficient (Wildman–Crippen LogP) is 4.35. The lowest BCUT2D eigenvalue weighted by Gasteiger charge is -2.34. The lowest BCUT2D eigenvalue weighted by atomic mass is 9.94. The van der Waals surface area contributed by atoms with Gasteiger partial charge in [0.05, 0.1) is 11.3 Å². The molecule has 4 nitrogen and oxygen atoms in total. The molecule has 2 aromatic rings. The van der Waals surface area contributed by atoms with E-state index in [1.165, 1.54) is 6.07 Å². The van der Waals surface area contributed by atoms with Crippen LogP contribution in [0.2, 0.25) is 0 Å². The summed E-state index contributed by atoms with van der Waals surface area (Å²) in [7, 11) is 0. The normalized spacial score (nSPS) is 17.6. The Balaban J connectivity index is 1.43. The van der Waals surface area contributed by atoms with E-state index in [4.69, 9.17) is 0 Å². The highest BCUT2D eigenvalue weighted by Gasteiger charge is 2.32. The summed E-state index contributed by atoms with van der Waals surface area (Å²) in [5.41, 5.74) is 0.835. The van der Waals surface area contributed by atoms with Crippen molar-refractivity contribution in [3.63, 3.8) is 0 Å². The Morgan fingerprint density at radius 3 is 2.52 bits per heavy atom. The fourth-order valence-corrected chi connectivity index (χ4v) is 4.93. The number of carbonyl (C=O) groups is 2. The minimum Gasteiger partial charge on any atom is -0.339 e. The first-order valence-corrected chi connectivity index (χ1v) is 10.8. The van der Waals surface area contributed by atoms with Crippen molar-refractivity contribution in [3.8, 4) is 0 Å². The quantitative estimate of drug-likeness (QED) is 0.731. The van der Waals surface area contributed by atoms with Gasteiger partial charge in [0, 0.05) is 36.5 Å². The van der Waals surface area contributed by atoms with Crippen LogP contribution in [0.15, 0.2) is 47.4 Å². The van der Waals surface area contributed by atoms with Gasteiger partial charge >= 0.3 is 0 Å². The first kappa shape index (κ1) is 19.9. The highest BCUT2D eigenvalue weighted by Crippen LogP contribution is 2.35. The SMILES string of the molecule is O=C(c1ccc(F)cc1F)N1CCC(C(=O)N2CCCSc3ccccc32)CC1. The van der Waals surface area contributed by atoms with E-state index in [1.807, 2.05) is 29.2 Å². The van der Waals surface area contributed by atoms with E-state index in [0.29, 0.717) is 32.5 Å². The maximum Gasteiger partial charge on any atom is 0.256 e. The van der Waals surface area contributed by atoms with Crippen LogP contribution in [-0.2, 0) is 4.79 Å². The predicted molar refractivity (Wildman–Crippen MR) is 109 cm³/mol. The molecule has 152 valence electrons. The van der Waals surface area contributed by atoms with Crippen molar-refractivity contribution in [1.82, 2.24) is 4.90 Å². The fraction of sp³-hybridized carbons (Fsp3) is 0.364. The average molecular weight is 416 g/mol. The molecule has 0 atom stereocenters. The Bertz CT molecular complexity index is 929. The van der Waals surface area contributed by atoms with E-state index >= 15 is 0 Å². The summed E-state index contributed by atoms with van der Waals surface area (Å²) >= 11 is 1.77. The van der Waals surface area contributed by atoms with E-state index in [1.54, 1.807) is 16.7 Å². The molecule has 0 saturated carbocycles. The number of hydrogen-bond acceptors (Lipinski definition) is 3. The number of benzene rings is 2. The fourth-order valence-electron chi connectivity index (χ4n) is 3.94. The van der Waals surface area contributed by atoms with Crippen molar-refractivity contribution < 1.29 is 18.4 Å². The van der Waals surface area contributed by atoms with Gasteiger partial charge in [0.25, 0.3) is 5.91 Å². The highest BCUT2D eigenvalue weighted by atomic mass is 32.2. The van der Waals surface area contributed by atoms with E-state index in [2.05, 4.69) is 0 Å². The molecule has 1 saturated heterocycles. The number of carbonyl (C=O) groups excluding carboxylic acids is 2. The Kier molecular flexibility index (Phi) is 5.85. The van der Waals surface area contributed by atoms with Crippen LogP contribution >= 0.6 is 11.8 Å². The van der Waals surface area contributed by atoms with Gasteiger partial charge in [-0.25, -0.2) is 8.78 Å². The molecule has 0 bridgehead atoms. The molecule has 2 aliphatic rings. The first-order chi connectivity index (χ1) is 14.0. The molecule has 0 radical (unpaired) electrons. The number of para-hydroxylation sites is 1. The standard InChI is InChI=1S/C22H22F2N2O2S/c23-16-6-7-17(18(24)14-16)22(28)25-11-8-15(9-12-25)21(27)26-10-3-13-29-20-5-2-1-4-19(20)26/h1-2,4-7,14-15H,3,8-13H2. The average Bonchev–Trinajstić information content (AvgIpc) is 2.95. The van der Waals surface area contributed by atoms with E-state index in [-0.39, 0.29) is 17.4 Å². The molecule has 2 aliphatic heterocycles. The van der Waals surface area contributed by atoms with Crippen molar-refractivity contribution in [3.05, 3.63) is 59.7 Å². The van der Waals surface area contributed by atoms with Crippen LogP contribution in [-0.4, -0.2) is 42.1 Å². The molecule has 7 heteroatoms. The van der Waals surface area contributed by atoms with Gasteiger partial charge in [0.2, 0.25) is 5.91 Å². The summed E-state index contributed by atoms with van der Waals surface area (Å²) in [6.45, 7) is 1.47. The molecule has 2 aromatic carbocycles. The Morgan fingerprint density at radius 1 is 1.00 bits per heavy atom. The highest BCUT2D eigenvalue weighted by molar-refractivity contribution is 7.99. The summed E-state index contributed by atoms with van der Waals surface area (Å²) in [4.78, 5) is 30.4. The van der Waals surface area contributed by atoms with Crippen LogP contribution in [0.4, 0.5) is 14.5 Å². The number of fused-ring (bicyclic) bond motifs is 1. The van der Waals surface area contributed by atoms with Crippen LogP contribution in [0.3, 0.4) is 0 Å². The molecule has 0 unspecified atom stereocenters. The van der Waals surface area contributed by atoms with Crippen LogP contribution < -0.4 is 4.90 Å². The molecule has 0 aromatic heterocycles. The molecule has 0 aliphatic carbocycles. The number of piperidine rings is 1. The van der Waals surface area contributed by atoms with Gasteiger partial charge in [0.1, 0.15) is 11.6 Å². The minimum atomic E-state index is -0.855. The van der Waals surface area contributed by atoms with Crippen molar-refractivity contribution in [2.45, 2.75) is 24.2 Å². The van der Waals surface area contributed by atoms with Gasteiger partial charge < -0.3 is 9.80 Å². The van der Waals surface area contributed by atoms with Gasteiger partial charge in [-0.1, -0.05) is 12.1 Å². The molecule has 2 amide bonds. The second-order valence-corrected chi connectivity index (χ2v) is 8.49. The topological polar surface area (TPSA) is 40.6 Å². The maximum atomic E-state index is 13.9. The van der Waals surface area contributed by atoms with E-state index in [0.717, 1.165) is 34.9 Å². The van der Waals surface area contributed by atoms with Gasteiger partial charge in [-0.2, -0.15) is 0 Å². The lowest BCUT2D eigenvalue weighted by Crippen LogP contribution is -2.45. The zero-order valence-corrected chi connectivity index (χ0v) is 16.8. The minimum absolute atomic E-state index is 0.0972. The summed E-state index contributed by atoms with van der Waals surface area (Å²) in [5, 5.41) is 0. The third kappa shape index (κ3) is 4.15. The van der Waals surface area contributed by atoms with Crippen LogP contribution in [0, 0.1) is 17.6 Å². The molecule has 0 N–H and O–H groups in total. The van der Waals surface area contributed by atoms with Gasteiger partial charge in [0.15, 0.2) is 0 Å². The third-order valence-corrected chi connectivity index (χ3v) is 6.65. The van der Waals surface area contributed by atoms with Gasteiger partial charge in [-0.3, -0.25) is 9.59 Å². The summed E-state index contributed by atoms with van der Waals surface area (Å²) in [6.07, 6.45) is 2.02. The first-order valence-electron chi connectivity index (χ1n) is 9.82. The van der Waals surface area contributed by atoms with E-state index in [9.17, 15) is 18.4 Å². The zero-order chi connectivity index (χ0) is 20.4. The van der Waals surface area contributed by atoms with Crippen LogP contribution in [0.1, 0.15) is 29.6 Å². The van der Waals surface area contributed by atoms with E-state index < -0.39 is 17.5 Å². The van der Waals surface area contributed by atoms with Crippen molar-refractivity contribution >= 4 is 29.3 Å². The summed E-state index contributed by atoms with van der Waals surface area (Å²) < 4.78 is 27.0.